The van der Waals surface area contributed by atoms with Gasteiger partial charge in [-0.3, -0.25) is 15.0 Å². The number of hydrazine groups is 1. The fourth-order valence-corrected chi connectivity index (χ4v) is 8.62. The van der Waals surface area contributed by atoms with E-state index in [2.05, 4.69) is 5.43 Å². The van der Waals surface area contributed by atoms with E-state index in [1.807, 2.05) is 31.2 Å². The van der Waals surface area contributed by atoms with Crippen LogP contribution in [0.2, 0.25) is 10.0 Å². The highest BCUT2D eigenvalue weighted by Gasteiger charge is 2.55. The average Bonchev–Trinajstić information content (AvgIpc) is 3.16. The van der Waals surface area contributed by atoms with Crippen LogP contribution in [0.25, 0.3) is 6.08 Å². The summed E-state index contributed by atoms with van der Waals surface area (Å²) in [5.41, 5.74) is 4.19. The maximum Gasteiger partial charge on any atom is 0.285 e. The minimum atomic E-state index is -0.360. The Kier molecular flexibility index (Phi) is 7.81. The molecule has 40 heavy (non-hydrogen) atoms. The second-order valence-electron chi connectivity index (χ2n) is 11.3. The Morgan fingerprint density at radius 1 is 1.05 bits per heavy atom. The Morgan fingerprint density at radius 2 is 1.75 bits per heavy atom. The minimum Gasteiger partial charge on any atom is -0.490 e. The zero-order chi connectivity index (χ0) is 28.0. The maximum atomic E-state index is 13.5. The van der Waals surface area contributed by atoms with Crippen LogP contribution >= 0.6 is 47.2 Å². The Balaban J connectivity index is 1.15. The molecule has 0 unspecified atom stereocenters. The molecule has 10 heteroatoms. The van der Waals surface area contributed by atoms with Crippen LogP contribution in [0.5, 0.6) is 11.5 Å². The van der Waals surface area contributed by atoms with E-state index in [4.69, 9.17) is 44.9 Å². The highest BCUT2D eigenvalue weighted by Crippen LogP contribution is 2.60. The standard InChI is InChI=1S/C30H30Cl2N2O4S2/c1-2-37-25-11-17(4-6-24(25)38-16-18-3-5-22(31)23(32)10-18)12-26-27(35)34(29(39)40-26)33-28(36)30-13-19-7-20(14-30)9-21(8-19)15-30/h3-6,10-12,19-21H,2,7-9,13-16H2,1H3,(H,33,36)/b26-12+. The summed E-state index contributed by atoms with van der Waals surface area (Å²) in [7, 11) is 0. The molecule has 2 aromatic rings. The number of carbonyl (C=O) groups is 2. The second-order valence-corrected chi connectivity index (χ2v) is 13.8. The van der Waals surface area contributed by atoms with Crippen molar-refractivity contribution >= 4 is 69.4 Å². The fraction of sp³-hybridized carbons (Fsp3) is 0.433. The van der Waals surface area contributed by atoms with Crippen LogP contribution in [-0.4, -0.2) is 27.8 Å². The van der Waals surface area contributed by atoms with Gasteiger partial charge < -0.3 is 9.47 Å². The Labute approximate surface area is 253 Å². The molecule has 210 valence electrons. The Morgan fingerprint density at radius 3 is 2.40 bits per heavy atom. The van der Waals surface area contributed by atoms with Gasteiger partial charge in [-0.1, -0.05) is 47.1 Å². The van der Waals surface area contributed by atoms with E-state index >= 15 is 0 Å². The van der Waals surface area contributed by atoms with E-state index < -0.39 is 0 Å². The van der Waals surface area contributed by atoms with Crippen molar-refractivity contribution in [3.63, 3.8) is 0 Å². The van der Waals surface area contributed by atoms with E-state index in [-0.39, 0.29) is 17.2 Å². The lowest BCUT2D eigenvalue weighted by molar-refractivity contribution is -0.152. The van der Waals surface area contributed by atoms with Crippen molar-refractivity contribution in [1.29, 1.82) is 0 Å². The monoisotopic (exact) mass is 616 g/mol. The van der Waals surface area contributed by atoms with E-state index in [1.54, 1.807) is 18.2 Å². The van der Waals surface area contributed by atoms with Crippen LogP contribution in [0.15, 0.2) is 41.3 Å². The number of nitrogens with one attached hydrogen (secondary N) is 1. The molecule has 4 aliphatic carbocycles. The van der Waals surface area contributed by atoms with Crippen LogP contribution in [0.1, 0.15) is 56.6 Å². The van der Waals surface area contributed by atoms with Gasteiger partial charge in [-0.05, 0) is 117 Å². The number of thioether (sulfide) groups is 1. The number of nitrogens with zero attached hydrogens (tertiary/aromatic N) is 1. The third kappa shape index (κ3) is 5.48. The molecule has 5 aliphatic rings. The molecule has 1 saturated heterocycles. The first-order valence-corrected chi connectivity index (χ1v) is 15.6. The van der Waals surface area contributed by atoms with Gasteiger partial charge in [0, 0.05) is 0 Å². The smallest absolute Gasteiger partial charge is 0.285 e. The molecule has 6 nitrogen and oxygen atoms in total. The quantitative estimate of drug-likeness (QED) is 0.246. The molecular formula is C30H30Cl2N2O4S2. The van der Waals surface area contributed by atoms with Gasteiger partial charge in [0.15, 0.2) is 15.8 Å². The SMILES string of the molecule is CCOc1cc(/C=C2/SC(=S)N(NC(=O)C34CC5CC(CC(C5)C3)C4)C2=O)ccc1OCc1ccc(Cl)c(Cl)c1. The number of rotatable bonds is 8. The molecule has 1 heterocycles. The minimum absolute atomic E-state index is 0.0498. The van der Waals surface area contributed by atoms with Gasteiger partial charge in [0.1, 0.15) is 6.61 Å². The van der Waals surface area contributed by atoms with E-state index in [0.717, 1.165) is 30.4 Å². The van der Waals surface area contributed by atoms with Crippen molar-refractivity contribution in [3.05, 3.63) is 62.5 Å². The molecule has 5 fully saturated rings. The van der Waals surface area contributed by atoms with Crippen molar-refractivity contribution in [1.82, 2.24) is 10.4 Å². The zero-order valence-electron chi connectivity index (χ0n) is 22.1. The molecule has 4 saturated carbocycles. The lowest BCUT2D eigenvalue weighted by atomic mass is 9.49. The first kappa shape index (κ1) is 27.9. The number of halogens is 2. The maximum absolute atomic E-state index is 13.5. The van der Waals surface area contributed by atoms with Crippen LogP contribution in [0, 0.1) is 23.2 Å². The molecular weight excluding hydrogens is 587 g/mol. The van der Waals surface area contributed by atoms with E-state index in [1.165, 1.54) is 36.0 Å². The van der Waals surface area contributed by atoms with E-state index in [9.17, 15) is 9.59 Å². The van der Waals surface area contributed by atoms with Gasteiger partial charge >= 0.3 is 0 Å². The van der Waals surface area contributed by atoms with E-state index in [0.29, 0.717) is 61.7 Å². The summed E-state index contributed by atoms with van der Waals surface area (Å²) >= 11 is 18.8. The van der Waals surface area contributed by atoms with Crippen molar-refractivity contribution in [2.75, 3.05) is 6.61 Å². The van der Waals surface area contributed by atoms with Crippen LogP contribution < -0.4 is 14.9 Å². The number of amides is 2. The number of benzene rings is 2. The summed E-state index contributed by atoms with van der Waals surface area (Å²) in [6, 6.07) is 10.8. The summed E-state index contributed by atoms with van der Waals surface area (Å²) in [4.78, 5) is 27.3. The normalized spacial score (nSPS) is 27.9. The molecule has 1 aliphatic heterocycles. The first-order chi connectivity index (χ1) is 19.2. The molecule has 0 aromatic heterocycles. The first-order valence-electron chi connectivity index (χ1n) is 13.7. The fourth-order valence-electron chi connectivity index (χ4n) is 7.12. The molecule has 7 rings (SSSR count). The number of hydrogen-bond donors (Lipinski definition) is 1. The summed E-state index contributed by atoms with van der Waals surface area (Å²) in [6.45, 7) is 2.64. The van der Waals surface area contributed by atoms with Gasteiger partial charge in [-0.2, -0.15) is 5.01 Å². The van der Waals surface area contributed by atoms with Gasteiger partial charge in [-0.25, -0.2) is 0 Å². The molecule has 0 atom stereocenters. The van der Waals surface area contributed by atoms with Crippen molar-refractivity contribution in [2.45, 2.75) is 52.1 Å². The van der Waals surface area contributed by atoms with Gasteiger partial charge in [0.05, 0.1) is 27.0 Å². The average molecular weight is 618 g/mol. The molecule has 2 amide bonds. The molecule has 0 radical (unpaired) electrons. The van der Waals surface area contributed by atoms with Crippen LogP contribution in [0.4, 0.5) is 0 Å². The van der Waals surface area contributed by atoms with Crippen molar-refractivity contribution in [3.8, 4) is 11.5 Å². The molecule has 0 spiro atoms. The van der Waals surface area contributed by atoms with Crippen LogP contribution in [0.3, 0.4) is 0 Å². The van der Waals surface area contributed by atoms with Gasteiger partial charge in [0.25, 0.3) is 5.91 Å². The number of thiocarbonyl (C=S) groups is 1. The second kappa shape index (κ2) is 11.2. The lowest BCUT2D eigenvalue weighted by Crippen LogP contribution is -2.57. The zero-order valence-corrected chi connectivity index (χ0v) is 25.2. The highest BCUT2D eigenvalue weighted by atomic mass is 35.5. The predicted molar refractivity (Wildman–Crippen MR) is 162 cm³/mol. The van der Waals surface area contributed by atoms with Gasteiger partial charge in [0.2, 0.25) is 5.91 Å². The molecule has 2 aromatic carbocycles. The predicted octanol–water partition coefficient (Wildman–Crippen LogP) is 7.42. The lowest BCUT2D eigenvalue weighted by Gasteiger charge is -2.55. The highest BCUT2D eigenvalue weighted by molar-refractivity contribution is 8.26. The molecule has 4 bridgehead atoms. The topological polar surface area (TPSA) is 67.9 Å². The number of ether oxygens (including phenoxy) is 2. The largest absolute Gasteiger partial charge is 0.490 e. The third-order valence-electron chi connectivity index (χ3n) is 8.47. The van der Waals surface area contributed by atoms with Crippen molar-refractivity contribution in [2.24, 2.45) is 23.2 Å². The number of hydrogen-bond acceptors (Lipinski definition) is 6. The third-order valence-corrected chi connectivity index (χ3v) is 10.5. The Bertz CT molecular complexity index is 1380. The Hall–Kier alpha value is -2.26. The van der Waals surface area contributed by atoms with Gasteiger partial charge in [-0.15, -0.1) is 0 Å². The molecule has 1 N–H and O–H groups in total. The van der Waals surface area contributed by atoms with Crippen LogP contribution in [-0.2, 0) is 16.2 Å². The summed E-state index contributed by atoms with van der Waals surface area (Å²) in [5.74, 6) is 2.68. The summed E-state index contributed by atoms with van der Waals surface area (Å²) in [5, 5.41) is 2.21. The summed E-state index contributed by atoms with van der Waals surface area (Å²) in [6.07, 6.45) is 8.29. The number of carbonyl (C=O) groups excluding carboxylic acids is 2. The van der Waals surface area contributed by atoms with Crippen molar-refractivity contribution < 1.29 is 19.1 Å². The summed E-state index contributed by atoms with van der Waals surface area (Å²) < 4.78 is 12.2.